The molecule has 0 aliphatic heterocycles. The molecule has 3 rings (SSSR count). The van der Waals surface area contributed by atoms with E-state index in [-0.39, 0.29) is 0 Å². The molecule has 2 nitrogen and oxygen atoms in total. The molecule has 0 bridgehead atoms. The Kier molecular flexibility index (Phi) is 6.87. The van der Waals surface area contributed by atoms with Gasteiger partial charge in [0, 0.05) is 18.0 Å². The number of rotatable bonds is 8. The van der Waals surface area contributed by atoms with Crippen molar-refractivity contribution < 1.29 is 0 Å². The van der Waals surface area contributed by atoms with Gasteiger partial charge >= 0.3 is 0 Å². The quantitative estimate of drug-likeness (QED) is 0.694. The Bertz CT molecular complexity index is 630. The van der Waals surface area contributed by atoms with Gasteiger partial charge in [-0.25, -0.2) is 0 Å². The maximum absolute atomic E-state index is 3.84. The second-order valence-electron chi connectivity index (χ2n) is 7.90. The van der Waals surface area contributed by atoms with Gasteiger partial charge in [-0.15, -0.1) is 0 Å². The normalized spacial score (nSPS) is 24.3. The fraction of sp³-hybridized carbons (Fsp3) is 0.500. The summed E-state index contributed by atoms with van der Waals surface area (Å²) in [7, 11) is 2.09. The number of hydrogen-bond donors (Lipinski definition) is 2. The summed E-state index contributed by atoms with van der Waals surface area (Å²) in [5.74, 6) is 0.793. The molecule has 2 heteroatoms. The van der Waals surface area contributed by atoms with E-state index < -0.39 is 0 Å². The second kappa shape index (κ2) is 9.34. The van der Waals surface area contributed by atoms with Crippen LogP contribution < -0.4 is 10.6 Å². The van der Waals surface area contributed by atoms with Crippen LogP contribution >= 0.6 is 0 Å². The first-order valence-electron chi connectivity index (χ1n) is 10.3. The molecule has 1 fully saturated rings. The first-order valence-corrected chi connectivity index (χ1v) is 10.3. The molecular formula is C24H34N2. The van der Waals surface area contributed by atoms with E-state index in [9.17, 15) is 0 Å². The number of hydrogen-bond acceptors (Lipinski definition) is 2. The van der Waals surface area contributed by atoms with E-state index in [1.54, 1.807) is 0 Å². The first kappa shape index (κ1) is 19.1. The minimum atomic E-state index is 0.316. The molecule has 140 valence electrons. The van der Waals surface area contributed by atoms with Crippen LogP contribution in [0.25, 0.3) is 0 Å². The van der Waals surface area contributed by atoms with Gasteiger partial charge in [0.15, 0.2) is 0 Å². The Morgan fingerprint density at radius 2 is 1.58 bits per heavy atom. The van der Waals surface area contributed by atoms with Crippen molar-refractivity contribution in [2.75, 3.05) is 20.1 Å². The van der Waals surface area contributed by atoms with E-state index in [0.717, 1.165) is 25.4 Å². The lowest BCUT2D eigenvalue weighted by Crippen LogP contribution is -2.42. The zero-order chi connectivity index (χ0) is 18.2. The zero-order valence-corrected chi connectivity index (χ0v) is 16.4. The standard InChI is InChI=1S/C24H34N2/c1-3-23(21-10-6-4-7-11-21)26-18-20-14-16-24(17-15-20,19-25-2)22-12-8-5-9-13-22/h4-13,20,23,25-26H,3,14-19H2,1-2H3. The lowest BCUT2D eigenvalue weighted by atomic mass is 9.66. The predicted octanol–water partition coefficient (Wildman–Crippen LogP) is 5.07. The molecule has 1 aliphatic carbocycles. The van der Waals surface area contributed by atoms with Crippen LogP contribution in [-0.4, -0.2) is 20.1 Å². The minimum Gasteiger partial charge on any atom is -0.319 e. The molecule has 2 aromatic carbocycles. The van der Waals surface area contributed by atoms with Gasteiger partial charge < -0.3 is 10.6 Å². The Balaban J connectivity index is 1.57. The van der Waals surface area contributed by atoms with Crippen LogP contribution in [0.2, 0.25) is 0 Å². The van der Waals surface area contributed by atoms with Gasteiger partial charge in [-0.1, -0.05) is 67.6 Å². The van der Waals surface area contributed by atoms with Crippen molar-refractivity contribution in [1.82, 2.24) is 10.6 Å². The summed E-state index contributed by atoms with van der Waals surface area (Å²) in [6.45, 7) is 4.50. The third-order valence-electron chi connectivity index (χ3n) is 6.23. The largest absolute Gasteiger partial charge is 0.319 e. The lowest BCUT2D eigenvalue weighted by Gasteiger charge is -2.41. The highest BCUT2D eigenvalue weighted by Gasteiger charge is 2.36. The highest BCUT2D eigenvalue weighted by molar-refractivity contribution is 5.27. The summed E-state index contributed by atoms with van der Waals surface area (Å²) in [6, 6.07) is 22.5. The molecule has 0 amide bonds. The zero-order valence-electron chi connectivity index (χ0n) is 16.4. The van der Waals surface area contributed by atoms with Gasteiger partial charge in [0.05, 0.1) is 0 Å². The Morgan fingerprint density at radius 1 is 0.962 bits per heavy atom. The average molecular weight is 351 g/mol. The van der Waals surface area contributed by atoms with E-state index in [1.165, 1.54) is 36.8 Å². The van der Waals surface area contributed by atoms with Crippen molar-refractivity contribution in [3.8, 4) is 0 Å². The molecule has 0 aromatic heterocycles. The van der Waals surface area contributed by atoms with Crippen molar-refractivity contribution in [2.24, 2.45) is 5.92 Å². The SMILES string of the molecule is CCC(NCC1CCC(CNC)(c2ccccc2)CC1)c1ccccc1. The molecule has 0 spiro atoms. The van der Waals surface area contributed by atoms with Gasteiger partial charge in [0.2, 0.25) is 0 Å². The monoisotopic (exact) mass is 350 g/mol. The minimum absolute atomic E-state index is 0.316. The van der Waals surface area contributed by atoms with E-state index in [1.807, 2.05) is 0 Å². The van der Waals surface area contributed by atoms with Crippen molar-refractivity contribution in [1.29, 1.82) is 0 Å². The van der Waals surface area contributed by atoms with Gasteiger partial charge in [0.1, 0.15) is 0 Å². The molecule has 0 heterocycles. The van der Waals surface area contributed by atoms with Gasteiger partial charge in [-0.05, 0) is 62.7 Å². The maximum Gasteiger partial charge on any atom is 0.0317 e. The predicted molar refractivity (Wildman–Crippen MR) is 111 cm³/mol. The smallest absolute Gasteiger partial charge is 0.0317 e. The van der Waals surface area contributed by atoms with Gasteiger partial charge in [0.25, 0.3) is 0 Å². The summed E-state index contributed by atoms with van der Waals surface area (Å²) in [6.07, 6.45) is 6.34. The molecule has 1 saturated carbocycles. The lowest BCUT2D eigenvalue weighted by molar-refractivity contribution is 0.218. The van der Waals surface area contributed by atoms with Crippen molar-refractivity contribution in [3.05, 3.63) is 71.8 Å². The average Bonchev–Trinajstić information content (AvgIpc) is 2.71. The summed E-state index contributed by atoms with van der Waals surface area (Å²) >= 11 is 0. The van der Waals surface area contributed by atoms with Crippen LogP contribution in [0.1, 0.15) is 56.2 Å². The van der Waals surface area contributed by atoms with E-state index in [2.05, 4.69) is 85.3 Å². The van der Waals surface area contributed by atoms with E-state index in [4.69, 9.17) is 0 Å². The molecule has 2 aromatic rings. The highest BCUT2D eigenvalue weighted by Crippen LogP contribution is 2.41. The molecule has 1 unspecified atom stereocenters. The number of benzene rings is 2. The maximum atomic E-state index is 3.84. The van der Waals surface area contributed by atoms with Crippen LogP contribution in [-0.2, 0) is 5.41 Å². The summed E-state index contributed by atoms with van der Waals surface area (Å²) in [4.78, 5) is 0. The molecule has 26 heavy (non-hydrogen) atoms. The molecular weight excluding hydrogens is 316 g/mol. The highest BCUT2D eigenvalue weighted by atomic mass is 14.9. The first-order chi connectivity index (χ1) is 12.8. The van der Waals surface area contributed by atoms with Crippen LogP contribution in [0.3, 0.4) is 0 Å². The topological polar surface area (TPSA) is 24.1 Å². The van der Waals surface area contributed by atoms with Crippen molar-refractivity contribution in [3.63, 3.8) is 0 Å². The van der Waals surface area contributed by atoms with Crippen molar-refractivity contribution >= 4 is 0 Å². The molecule has 1 aliphatic rings. The molecule has 1 atom stereocenters. The van der Waals surface area contributed by atoms with E-state index >= 15 is 0 Å². The van der Waals surface area contributed by atoms with Crippen LogP contribution in [0, 0.1) is 5.92 Å². The Morgan fingerprint density at radius 3 is 2.15 bits per heavy atom. The van der Waals surface area contributed by atoms with Crippen LogP contribution in [0.15, 0.2) is 60.7 Å². The number of nitrogens with one attached hydrogen (secondary N) is 2. The van der Waals surface area contributed by atoms with Gasteiger partial charge in [-0.2, -0.15) is 0 Å². The third kappa shape index (κ3) is 4.55. The third-order valence-corrected chi connectivity index (χ3v) is 6.23. The van der Waals surface area contributed by atoms with Crippen LogP contribution in [0.4, 0.5) is 0 Å². The Hall–Kier alpha value is -1.64. The summed E-state index contributed by atoms with van der Waals surface area (Å²) in [5.41, 5.74) is 3.24. The Labute approximate surface area is 159 Å². The fourth-order valence-corrected chi connectivity index (χ4v) is 4.62. The molecule has 0 radical (unpaired) electrons. The summed E-state index contributed by atoms with van der Waals surface area (Å²) in [5, 5.41) is 7.30. The van der Waals surface area contributed by atoms with Crippen molar-refractivity contribution in [2.45, 2.75) is 50.5 Å². The second-order valence-corrected chi connectivity index (χ2v) is 7.90. The number of likely N-dealkylation sites (N-methyl/N-ethyl adjacent to an activating group) is 1. The van der Waals surface area contributed by atoms with Crippen LogP contribution in [0.5, 0.6) is 0 Å². The molecule has 0 saturated heterocycles. The fourth-order valence-electron chi connectivity index (χ4n) is 4.62. The van der Waals surface area contributed by atoms with E-state index in [0.29, 0.717) is 11.5 Å². The summed E-state index contributed by atoms with van der Waals surface area (Å²) < 4.78 is 0. The van der Waals surface area contributed by atoms with Gasteiger partial charge in [-0.3, -0.25) is 0 Å². The molecule has 2 N–H and O–H groups in total.